The lowest BCUT2D eigenvalue weighted by Crippen LogP contribution is -2.63. The second kappa shape index (κ2) is 12.7. The standard InChI is InChI=1S/C27H44O13/c1-3-12-5-4-6-14(22(12)40-26-21(32)20(31)18(29)11(2)35-26)38-27-24-23(19(30)17(10-28)39-27)36-15(25(33)34)8-7-13-9-16(13)37-24/h11-24,26-32H,3-10H2,1-2H3,(H,33,34). The third-order valence-electron chi connectivity index (χ3n) is 9.21. The molecule has 3 aliphatic heterocycles. The van der Waals surface area contributed by atoms with Gasteiger partial charge in [-0.1, -0.05) is 19.8 Å². The van der Waals surface area contributed by atoms with Crippen LogP contribution in [-0.2, 0) is 33.2 Å². The lowest BCUT2D eigenvalue weighted by Gasteiger charge is -2.48. The van der Waals surface area contributed by atoms with Crippen molar-refractivity contribution in [2.24, 2.45) is 11.8 Å². The molecule has 0 aromatic rings. The van der Waals surface area contributed by atoms with Crippen molar-refractivity contribution in [2.75, 3.05) is 6.61 Å². The zero-order valence-electron chi connectivity index (χ0n) is 22.9. The molecule has 2 saturated carbocycles. The van der Waals surface area contributed by atoms with E-state index in [0.717, 1.165) is 25.7 Å². The van der Waals surface area contributed by atoms with Crippen LogP contribution >= 0.6 is 0 Å². The summed E-state index contributed by atoms with van der Waals surface area (Å²) in [6.07, 6.45) is -9.53. The third-order valence-corrected chi connectivity index (χ3v) is 9.21. The molecule has 16 atom stereocenters. The Kier molecular flexibility index (Phi) is 9.69. The minimum absolute atomic E-state index is 0.0226. The van der Waals surface area contributed by atoms with Crippen molar-refractivity contribution in [3.05, 3.63) is 0 Å². The number of aliphatic hydroxyl groups excluding tert-OH is 5. The van der Waals surface area contributed by atoms with Crippen molar-refractivity contribution in [1.29, 1.82) is 0 Å². The summed E-state index contributed by atoms with van der Waals surface area (Å²) >= 11 is 0. The van der Waals surface area contributed by atoms with Crippen molar-refractivity contribution in [1.82, 2.24) is 0 Å². The first-order valence-electron chi connectivity index (χ1n) is 14.6. The minimum Gasteiger partial charge on any atom is -0.479 e. The van der Waals surface area contributed by atoms with Gasteiger partial charge in [-0.15, -0.1) is 0 Å². The van der Waals surface area contributed by atoms with Crippen LogP contribution in [0.3, 0.4) is 0 Å². The van der Waals surface area contributed by atoms with Gasteiger partial charge in [0.1, 0.15) is 42.7 Å². The van der Waals surface area contributed by atoms with Crippen LogP contribution in [0.4, 0.5) is 0 Å². The van der Waals surface area contributed by atoms with E-state index in [0.29, 0.717) is 12.8 Å². The summed E-state index contributed by atoms with van der Waals surface area (Å²) in [7, 11) is 0. The van der Waals surface area contributed by atoms with E-state index >= 15 is 0 Å². The number of hydrogen-bond donors (Lipinski definition) is 6. The molecule has 13 heteroatoms. The Balaban J connectivity index is 1.38. The molecule has 16 unspecified atom stereocenters. The van der Waals surface area contributed by atoms with Gasteiger partial charge in [-0.2, -0.15) is 0 Å². The lowest BCUT2D eigenvalue weighted by molar-refractivity contribution is -0.353. The SMILES string of the molecule is CCC1CCCC(OC2OC(CO)C(O)C3OC(C(=O)O)CCC4CC4OC23)C1OC1OC(C)C(O)C(O)C1O. The molecule has 2 aliphatic carbocycles. The number of aliphatic hydroxyl groups is 5. The maximum atomic E-state index is 11.9. The van der Waals surface area contributed by atoms with E-state index in [2.05, 4.69) is 0 Å². The van der Waals surface area contributed by atoms with E-state index in [-0.39, 0.29) is 24.4 Å². The average Bonchev–Trinajstić information content (AvgIpc) is 3.67. The quantitative estimate of drug-likeness (QED) is 0.223. The van der Waals surface area contributed by atoms with E-state index in [1.165, 1.54) is 0 Å². The van der Waals surface area contributed by atoms with Crippen molar-refractivity contribution >= 4 is 5.97 Å². The van der Waals surface area contributed by atoms with Gasteiger partial charge >= 0.3 is 5.97 Å². The molecular formula is C27H44O13. The predicted octanol–water partition coefficient (Wildman–Crippen LogP) is -0.722. The van der Waals surface area contributed by atoms with Crippen LogP contribution in [0, 0.1) is 11.8 Å². The summed E-state index contributed by atoms with van der Waals surface area (Å²) in [5.41, 5.74) is 0. The van der Waals surface area contributed by atoms with Crippen LogP contribution in [0.1, 0.15) is 58.8 Å². The largest absolute Gasteiger partial charge is 0.479 e. The smallest absolute Gasteiger partial charge is 0.332 e. The molecule has 0 aromatic heterocycles. The molecule has 230 valence electrons. The summed E-state index contributed by atoms with van der Waals surface area (Å²) in [6, 6.07) is 0. The van der Waals surface area contributed by atoms with E-state index in [1.54, 1.807) is 6.92 Å². The van der Waals surface area contributed by atoms with Gasteiger partial charge in [0.2, 0.25) is 0 Å². The first-order valence-corrected chi connectivity index (χ1v) is 14.6. The Labute approximate surface area is 233 Å². The van der Waals surface area contributed by atoms with Crippen LogP contribution < -0.4 is 0 Å². The molecule has 13 nitrogen and oxygen atoms in total. The van der Waals surface area contributed by atoms with E-state index in [4.69, 9.17) is 28.4 Å². The topological polar surface area (TPSA) is 194 Å². The summed E-state index contributed by atoms with van der Waals surface area (Å²) in [4.78, 5) is 11.9. The van der Waals surface area contributed by atoms with Gasteiger partial charge < -0.3 is 59.1 Å². The molecule has 3 heterocycles. The Bertz CT molecular complexity index is 860. The fourth-order valence-corrected chi connectivity index (χ4v) is 6.59. The monoisotopic (exact) mass is 576 g/mol. The van der Waals surface area contributed by atoms with Crippen LogP contribution in [0.2, 0.25) is 0 Å². The van der Waals surface area contributed by atoms with Crippen molar-refractivity contribution in [3.8, 4) is 0 Å². The molecule has 6 N–H and O–H groups in total. The van der Waals surface area contributed by atoms with Gasteiger partial charge in [0, 0.05) is 0 Å². The number of ether oxygens (including phenoxy) is 6. The minimum atomic E-state index is -1.47. The normalized spacial score (nSPS) is 51.5. The van der Waals surface area contributed by atoms with Gasteiger partial charge in [-0.3, -0.25) is 0 Å². The maximum absolute atomic E-state index is 11.9. The molecule has 3 saturated heterocycles. The summed E-state index contributed by atoms with van der Waals surface area (Å²) < 4.78 is 36.7. The highest BCUT2D eigenvalue weighted by Gasteiger charge is 2.55. The second-order valence-electron chi connectivity index (χ2n) is 11.9. The van der Waals surface area contributed by atoms with Gasteiger partial charge in [0.05, 0.1) is 31.0 Å². The van der Waals surface area contributed by atoms with Gasteiger partial charge in [-0.25, -0.2) is 4.79 Å². The lowest BCUT2D eigenvalue weighted by atomic mass is 9.82. The van der Waals surface area contributed by atoms with E-state index in [9.17, 15) is 35.4 Å². The zero-order valence-corrected chi connectivity index (χ0v) is 22.9. The van der Waals surface area contributed by atoms with Crippen LogP contribution in [0.15, 0.2) is 0 Å². The van der Waals surface area contributed by atoms with Crippen molar-refractivity contribution < 1.29 is 63.9 Å². The maximum Gasteiger partial charge on any atom is 0.332 e. The molecule has 0 radical (unpaired) electrons. The Morgan fingerprint density at radius 2 is 1.62 bits per heavy atom. The van der Waals surface area contributed by atoms with Gasteiger partial charge in [-0.05, 0) is 50.9 Å². The fourth-order valence-electron chi connectivity index (χ4n) is 6.59. The molecule has 0 amide bonds. The molecule has 0 aromatic carbocycles. The number of hydrogen-bond acceptors (Lipinski definition) is 12. The predicted molar refractivity (Wildman–Crippen MR) is 134 cm³/mol. The zero-order chi connectivity index (χ0) is 28.7. The number of rotatable bonds is 7. The summed E-state index contributed by atoms with van der Waals surface area (Å²) in [5, 5.41) is 61.7. The number of carboxylic acids is 1. The Morgan fingerprint density at radius 1 is 0.850 bits per heavy atom. The van der Waals surface area contributed by atoms with Gasteiger partial charge in [0.15, 0.2) is 18.7 Å². The third kappa shape index (κ3) is 6.20. The summed E-state index contributed by atoms with van der Waals surface area (Å²) in [6.45, 7) is 3.06. The number of carboxylic acid groups (broad SMARTS) is 1. The number of fused-ring (bicyclic) bond motifs is 2. The van der Waals surface area contributed by atoms with Crippen LogP contribution in [0.25, 0.3) is 0 Å². The first kappa shape index (κ1) is 30.5. The second-order valence-corrected chi connectivity index (χ2v) is 11.9. The van der Waals surface area contributed by atoms with Gasteiger partial charge in [0.25, 0.3) is 0 Å². The summed E-state index contributed by atoms with van der Waals surface area (Å²) in [5.74, 6) is -0.926. The Morgan fingerprint density at radius 3 is 2.33 bits per heavy atom. The molecule has 0 bridgehead atoms. The van der Waals surface area contributed by atoms with Crippen molar-refractivity contribution in [3.63, 3.8) is 0 Å². The molecule has 5 fully saturated rings. The highest BCUT2D eigenvalue weighted by atomic mass is 16.7. The van der Waals surface area contributed by atoms with E-state index in [1.807, 2.05) is 6.92 Å². The molecule has 0 spiro atoms. The molecule has 5 aliphatic rings. The molecule has 5 rings (SSSR count). The number of aliphatic carboxylic acids is 1. The highest BCUT2D eigenvalue weighted by Crippen LogP contribution is 2.44. The Hall–Kier alpha value is -0.970. The highest BCUT2D eigenvalue weighted by molar-refractivity contribution is 5.72. The van der Waals surface area contributed by atoms with Crippen LogP contribution in [0.5, 0.6) is 0 Å². The molecule has 40 heavy (non-hydrogen) atoms. The van der Waals surface area contributed by atoms with E-state index < -0.39 is 92.3 Å². The fraction of sp³-hybridized carbons (Fsp3) is 0.963. The average molecular weight is 577 g/mol. The first-order chi connectivity index (χ1) is 19.1. The van der Waals surface area contributed by atoms with Crippen molar-refractivity contribution in [2.45, 2.75) is 145 Å². The number of carbonyl (C=O) groups is 1. The van der Waals surface area contributed by atoms with Crippen LogP contribution in [-0.4, -0.2) is 129 Å². The molecular weight excluding hydrogens is 532 g/mol.